The minimum Gasteiger partial charge on any atom is -0.478 e. The van der Waals surface area contributed by atoms with Crippen molar-refractivity contribution in [3.8, 4) is 5.75 Å². The van der Waals surface area contributed by atoms with Crippen LogP contribution in [-0.4, -0.2) is 17.2 Å². The first-order valence-corrected chi connectivity index (χ1v) is 8.36. The first-order chi connectivity index (χ1) is 11.1. The molecule has 0 saturated carbocycles. The Labute approximate surface area is 152 Å². The number of carboxylic acids is 1. The zero-order valence-corrected chi connectivity index (χ0v) is 15.4. The van der Waals surface area contributed by atoms with E-state index < -0.39 is 12.1 Å². The molecule has 0 amide bonds. The van der Waals surface area contributed by atoms with Crippen LogP contribution < -0.4 is 4.74 Å². The van der Waals surface area contributed by atoms with E-state index >= 15 is 0 Å². The number of hydrogen-bond acceptors (Lipinski definition) is 2. The lowest BCUT2D eigenvalue weighted by molar-refractivity contribution is -0.145. The fraction of sp³-hybridized carbons (Fsp3) is 0.316. The van der Waals surface area contributed by atoms with Crippen LogP contribution in [0.2, 0.25) is 10.0 Å². The average molecular weight is 367 g/mol. The molecular formula is C19H20Cl2O3. The maximum atomic E-state index is 11.5. The molecule has 1 N–H and O–H groups in total. The van der Waals surface area contributed by atoms with Gasteiger partial charge >= 0.3 is 5.97 Å². The maximum absolute atomic E-state index is 11.5. The molecule has 3 nitrogen and oxygen atoms in total. The Kier molecular flexibility index (Phi) is 5.79. The molecule has 1 atom stereocenters. The second kappa shape index (κ2) is 7.45. The standard InChI is InChI=1S/C19H20Cl2O3/c1-19(2,3)13-4-6-16(7-5-13)24-17(18(22)23)10-12-8-14(20)11-15(21)9-12/h4-9,11,17H,10H2,1-3H3,(H,22,23)/t17-/m0/s1. The summed E-state index contributed by atoms with van der Waals surface area (Å²) in [6.07, 6.45) is -0.837. The highest BCUT2D eigenvalue weighted by molar-refractivity contribution is 6.34. The number of carbonyl (C=O) groups is 1. The predicted octanol–water partition coefficient (Wildman–Crippen LogP) is 5.37. The van der Waals surface area contributed by atoms with Gasteiger partial charge < -0.3 is 9.84 Å². The molecule has 0 aromatic heterocycles. The Hall–Kier alpha value is -1.71. The zero-order chi connectivity index (χ0) is 17.9. The molecule has 0 spiro atoms. The molecule has 2 aromatic rings. The number of hydrogen-bond donors (Lipinski definition) is 1. The maximum Gasteiger partial charge on any atom is 0.345 e. The van der Waals surface area contributed by atoms with Crippen LogP contribution in [0.25, 0.3) is 0 Å². The van der Waals surface area contributed by atoms with Crippen molar-refractivity contribution in [2.45, 2.75) is 38.7 Å². The zero-order valence-electron chi connectivity index (χ0n) is 13.8. The normalized spacial score (nSPS) is 12.7. The van der Waals surface area contributed by atoms with Gasteiger partial charge in [0.2, 0.25) is 0 Å². The molecule has 0 saturated heterocycles. The van der Waals surface area contributed by atoms with Crippen molar-refractivity contribution in [3.63, 3.8) is 0 Å². The summed E-state index contributed by atoms with van der Waals surface area (Å²) in [5.41, 5.74) is 1.90. The number of aliphatic carboxylic acids is 1. The second-order valence-corrected chi connectivity index (χ2v) is 7.57. The molecule has 2 aromatic carbocycles. The van der Waals surface area contributed by atoms with E-state index in [0.717, 1.165) is 5.56 Å². The van der Waals surface area contributed by atoms with Crippen LogP contribution in [0.1, 0.15) is 31.9 Å². The highest BCUT2D eigenvalue weighted by Crippen LogP contribution is 2.25. The molecule has 24 heavy (non-hydrogen) atoms. The van der Waals surface area contributed by atoms with E-state index in [1.54, 1.807) is 30.3 Å². The molecule has 2 rings (SSSR count). The highest BCUT2D eigenvalue weighted by atomic mass is 35.5. The van der Waals surface area contributed by atoms with Crippen molar-refractivity contribution in [1.29, 1.82) is 0 Å². The number of rotatable bonds is 5. The van der Waals surface area contributed by atoms with E-state index in [1.165, 1.54) is 0 Å². The van der Waals surface area contributed by atoms with Gasteiger partial charge in [-0.15, -0.1) is 0 Å². The van der Waals surface area contributed by atoms with E-state index in [1.807, 2.05) is 12.1 Å². The fourth-order valence-corrected chi connectivity index (χ4v) is 2.89. The number of carboxylic acid groups (broad SMARTS) is 1. The molecular weight excluding hydrogens is 347 g/mol. The third-order valence-corrected chi connectivity index (χ3v) is 4.05. The topological polar surface area (TPSA) is 46.5 Å². The third-order valence-electron chi connectivity index (χ3n) is 3.62. The van der Waals surface area contributed by atoms with E-state index in [-0.39, 0.29) is 11.8 Å². The van der Waals surface area contributed by atoms with Crippen LogP contribution in [0.4, 0.5) is 0 Å². The molecule has 5 heteroatoms. The van der Waals surface area contributed by atoms with E-state index in [2.05, 4.69) is 20.8 Å². The summed E-state index contributed by atoms with van der Waals surface area (Å²) in [5, 5.41) is 10.4. The van der Waals surface area contributed by atoms with Gasteiger partial charge in [0, 0.05) is 16.5 Å². The van der Waals surface area contributed by atoms with Crippen molar-refractivity contribution >= 4 is 29.2 Å². The molecule has 0 aliphatic carbocycles. The first-order valence-electron chi connectivity index (χ1n) is 7.60. The Morgan fingerprint density at radius 2 is 1.62 bits per heavy atom. The van der Waals surface area contributed by atoms with Crippen molar-refractivity contribution in [1.82, 2.24) is 0 Å². The van der Waals surface area contributed by atoms with Gasteiger partial charge in [0.1, 0.15) is 5.75 Å². The molecule has 0 aliphatic rings. The molecule has 0 radical (unpaired) electrons. The van der Waals surface area contributed by atoms with Crippen LogP contribution in [0.3, 0.4) is 0 Å². The predicted molar refractivity (Wildman–Crippen MR) is 97.4 cm³/mol. The summed E-state index contributed by atoms with van der Waals surface area (Å²) < 4.78 is 5.64. The van der Waals surface area contributed by atoms with E-state index in [0.29, 0.717) is 21.4 Å². The van der Waals surface area contributed by atoms with Crippen molar-refractivity contribution in [2.24, 2.45) is 0 Å². The summed E-state index contributed by atoms with van der Waals surface area (Å²) in [4.78, 5) is 11.5. The van der Waals surface area contributed by atoms with Gasteiger partial charge in [0.15, 0.2) is 6.10 Å². The quantitative estimate of drug-likeness (QED) is 0.773. The molecule has 0 unspecified atom stereocenters. The lowest BCUT2D eigenvalue weighted by Gasteiger charge is -2.20. The Morgan fingerprint density at radius 3 is 2.08 bits per heavy atom. The summed E-state index contributed by atoms with van der Waals surface area (Å²) in [6, 6.07) is 12.5. The van der Waals surface area contributed by atoms with Gasteiger partial charge in [-0.1, -0.05) is 56.1 Å². The van der Waals surface area contributed by atoms with Crippen LogP contribution in [0, 0.1) is 0 Å². The average Bonchev–Trinajstić information content (AvgIpc) is 2.45. The lowest BCUT2D eigenvalue weighted by atomic mass is 9.87. The molecule has 0 fully saturated rings. The number of ether oxygens (including phenoxy) is 1. The van der Waals surface area contributed by atoms with E-state index in [4.69, 9.17) is 27.9 Å². The Morgan fingerprint density at radius 1 is 1.08 bits per heavy atom. The Bertz CT molecular complexity index is 698. The Balaban J connectivity index is 2.15. The molecule has 128 valence electrons. The minimum atomic E-state index is -1.04. The van der Waals surface area contributed by atoms with Crippen LogP contribution in [0.5, 0.6) is 5.75 Å². The van der Waals surface area contributed by atoms with Crippen molar-refractivity contribution < 1.29 is 14.6 Å². The monoisotopic (exact) mass is 366 g/mol. The first kappa shape index (κ1) is 18.6. The van der Waals surface area contributed by atoms with Crippen molar-refractivity contribution in [2.75, 3.05) is 0 Å². The highest BCUT2D eigenvalue weighted by Gasteiger charge is 2.21. The van der Waals surface area contributed by atoms with Gasteiger partial charge in [0.25, 0.3) is 0 Å². The largest absolute Gasteiger partial charge is 0.478 e. The van der Waals surface area contributed by atoms with E-state index in [9.17, 15) is 9.90 Å². The van der Waals surface area contributed by atoms with Crippen LogP contribution in [-0.2, 0) is 16.6 Å². The second-order valence-electron chi connectivity index (χ2n) is 6.70. The fourth-order valence-electron chi connectivity index (χ4n) is 2.32. The summed E-state index contributed by atoms with van der Waals surface area (Å²) in [5.74, 6) is -0.519. The van der Waals surface area contributed by atoms with Gasteiger partial charge in [-0.25, -0.2) is 4.79 Å². The molecule has 0 heterocycles. The lowest BCUT2D eigenvalue weighted by Crippen LogP contribution is -2.29. The molecule has 0 bridgehead atoms. The number of halogens is 2. The molecule has 0 aliphatic heterocycles. The summed E-state index contributed by atoms with van der Waals surface area (Å²) >= 11 is 11.9. The van der Waals surface area contributed by atoms with Gasteiger partial charge in [-0.05, 0) is 46.9 Å². The number of benzene rings is 2. The SMILES string of the molecule is CC(C)(C)c1ccc(O[C@@H](Cc2cc(Cl)cc(Cl)c2)C(=O)O)cc1. The van der Waals surface area contributed by atoms with Crippen LogP contribution >= 0.6 is 23.2 Å². The van der Waals surface area contributed by atoms with Crippen molar-refractivity contribution in [3.05, 3.63) is 63.6 Å². The summed E-state index contributed by atoms with van der Waals surface area (Å²) in [6.45, 7) is 6.35. The minimum absolute atomic E-state index is 0.0300. The third kappa shape index (κ3) is 5.15. The van der Waals surface area contributed by atoms with Gasteiger partial charge in [-0.2, -0.15) is 0 Å². The van der Waals surface area contributed by atoms with Crippen LogP contribution in [0.15, 0.2) is 42.5 Å². The summed E-state index contributed by atoms with van der Waals surface area (Å²) in [7, 11) is 0. The van der Waals surface area contributed by atoms with Gasteiger partial charge in [0.05, 0.1) is 0 Å². The van der Waals surface area contributed by atoms with Gasteiger partial charge in [-0.3, -0.25) is 0 Å². The smallest absolute Gasteiger partial charge is 0.345 e.